The van der Waals surface area contributed by atoms with Gasteiger partial charge in [-0.05, 0) is 64.9 Å². The first kappa shape index (κ1) is 14.0. The van der Waals surface area contributed by atoms with E-state index in [1.165, 1.54) is 9.13 Å². The number of hydrogen-bond donors (Lipinski definition) is 1. The van der Waals surface area contributed by atoms with Gasteiger partial charge in [0, 0.05) is 25.8 Å². The van der Waals surface area contributed by atoms with Gasteiger partial charge in [-0.15, -0.1) is 0 Å². The third-order valence-corrected chi connectivity index (χ3v) is 4.42. The van der Waals surface area contributed by atoms with Gasteiger partial charge in [0.15, 0.2) is 0 Å². The van der Waals surface area contributed by atoms with Gasteiger partial charge in [-0.1, -0.05) is 35.3 Å². The molecule has 0 spiro atoms. The SMILES string of the molecule is Cc1ccc(NCc2ccc(Cl)cc2Cl)cc1I. The molecule has 0 heterocycles. The van der Waals surface area contributed by atoms with E-state index in [0.29, 0.717) is 16.6 Å². The Hall–Kier alpha value is -0.450. The number of hydrogen-bond acceptors (Lipinski definition) is 1. The van der Waals surface area contributed by atoms with Gasteiger partial charge in [-0.3, -0.25) is 0 Å². The van der Waals surface area contributed by atoms with E-state index in [1.54, 1.807) is 6.07 Å². The maximum atomic E-state index is 6.13. The normalized spacial score (nSPS) is 10.4. The lowest BCUT2D eigenvalue weighted by molar-refractivity contribution is 1.15. The molecule has 94 valence electrons. The zero-order chi connectivity index (χ0) is 13.1. The van der Waals surface area contributed by atoms with Crippen molar-refractivity contribution in [1.29, 1.82) is 0 Å². The van der Waals surface area contributed by atoms with Crippen LogP contribution in [0.15, 0.2) is 36.4 Å². The Kier molecular flexibility index (Phi) is 4.76. The molecule has 1 nitrogen and oxygen atoms in total. The molecule has 0 radical (unpaired) electrons. The lowest BCUT2D eigenvalue weighted by atomic mass is 10.2. The Balaban J connectivity index is 2.09. The highest BCUT2D eigenvalue weighted by Gasteiger charge is 2.02. The van der Waals surface area contributed by atoms with Crippen LogP contribution in [0.4, 0.5) is 5.69 Å². The van der Waals surface area contributed by atoms with E-state index >= 15 is 0 Å². The van der Waals surface area contributed by atoms with Crippen molar-refractivity contribution in [1.82, 2.24) is 0 Å². The lowest BCUT2D eigenvalue weighted by Crippen LogP contribution is -2.00. The summed E-state index contributed by atoms with van der Waals surface area (Å²) in [5.41, 5.74) is 3.42. The maximum absolute atomic E-state index is 6.13. The molecular formula is C14H12Cl2IN. The Labute approximate surface area is 131 Å². The molecule has 4 heteroatoms. The molecule has 0 atom stereocenters. The van der Waals surface area contributed by atoms with Gasteiger partial charge >= 0.3 is 0 Å². The number of nitrogens with one attached hydrogen (secondary N) is 1. The van der Waals surface area contributed by atoms with E-state index in [0.717, 1.165) is 11.3 Å². The van der Waals surface area contributed by atoms with E-state index in [-0.39, 0.29) is 0 Å². The molecule has 0 unspecified atom stereocenters. The fraction of sp³-hybridized carbons (Fsp3) is 0.143. The fourth-order valence-corrected chi connectivity index (χ4v) is 2.56. The van der Waals surface area contributed by atoms with Crippen LogP contribution < -0.4 is 5.32 Å². The molecule has 0 aliphatic heterocycles. The topological polar surface area (TPSA) is 12.0 Å². The van der Waals surface area contributed by atoms with Crippen LogP contribution in [0.5, 0.6) is 0 Å². The van der Waals surface area contributed by atoms with Crippen LogP contribution >= 0.6 is 45.8 Å². The zero-order valence-corrected chi connectivity index (χ0v) is 13.5. The summed E-state index contributed by atoms with van der Waals surface area (Å²) in [5.74, 6) is 0. The minimum Gasteiger partial charge on any atom is -0.381 e. The number of benzene rings is 2. The summed E-state index contributed by atoms with van der Waals surface area (Å²) in [4.78, 5) is 0. The van der Waals surface area contributed by atoms with Crippen LogP contribution in [0.25, 0.3) is 0 Å². The smallest absolute Gasteiger partial charge is 0.0470 e. The quantitative estimate of drug-likeness (QED) is 0.679. The van der Waals surface area contributed by atoms with Crippen molar-refractivity contribution in [2.75, 3.05) is 5.32 Å². The minimum absolute atomic E-state index is 0.661. The lowest BCUT2D eigenvalue weighted by Gasteiger charge is -2.09. The highest BCUT2D eigenvalue weighted by atomic mass is 127. The molecule has 0 aliphatic carbocycles. The predicted octanol–water partition coefficient (Wildman–Crippen LogP) is 5.52. The summed E-state index contributed by atoms with van der Waals surface area (Å²) in [6, 6.07) is 11.9. The number of aryl methyl sites for hydroxylation is 1. The van der Waals surface area contributed by atoms with E-state index in [1.807, 2.05) is 12.1 Å². The Morgan fingerprint density at radius 2 is 1.89 bits per heavy atom. The van der Waals surface area contributed by atoms with Crippen molar-refractivity contribution >= 4 is 51.5 Å². The average molecular weight is 392 g/mol. The first-order valence-corrected chi connectivity index (χ1v) is 7.33. The molecule has 0 aliphatic rings. The molecule has 2 rings (SSSR count). The molecule has 2 aromatic carbocycles. The zero-order valence-electron chi connectivity index (χ0n) is 9.81. The third-order valence-electron chi connectivity index (χ3n) is 2.67. The van der Waals surface area contributed by atoms with Crippen molar-refractivity contribution in [2.45, 2.75) is 13.5 Å². The van der Waals surface area contributed by atoms with Crippen LogP contribution in [-0.4, -0.2) is 0 Å². The summed E-state index contributed by atoms with van der Waals surface area (Å²) in [7, 11) is 0. The van der Waals surface area contributed by atoms with Crippen molar-refractivity contribution in [2.24, 2.45) is 0 Å². The molecule has 0 fully saturated rings. The second kappa shape index (κ2) is 6.13. The molecule has 0 aromatic heterocycles. The molecular weight excluding hydrogens is 380 g/mol. The van der Waals surface area contributed by atoms with E-state index in [2.05, 4.69) is 53.0 Å². The monoisotopic (exact) mass is 391 g/mol. The first-order valence-electron chi connectivity index (χ1n) is 5.50. The summed E-state index contributed by atoms with van der Waals surface area (Å²) in [6.07, 6.45) is 0. The number of halogens is 3. The van der Waals surface area contributed by atoms with Crippen molar-refractivity contribution < 1.29 is 0 Å². The molecule has 0 bridgehead atoms. The van der Waals surface area contributed by atoms with Crippen LogP contribution in [0.3, 0.4) is 0 Å². The van der Waals surface area contributed by atoms with E-state index < -0.39 is 0 Å². The highest BCUT2D eigenvalue weighted by Crippen LogP contribution is 2.23. The molecule has 0 saturated heterocycles. The van der Waals surface area contributed by atoms with Crippen LogP contribution in [0.2, 0.25) is 10.0 Å². The summed E-state index contributed by atoms with van der Waals surface area (Å²) in [5, 5.41) is 4.71. The standard InChI is InChI=1S/C14H12Cl2IN/c1-9-2-5-12(7-14(9)17)18-8-10-3-4-11(15)6-13(10)16/h2-7,18H,8H2,1H3. The van der Waals surface area contributed by atoms with E-state index in [9.17, 15) is 0 Å². The maximum Gasteiger partial charge on any atom is 0.0470 e. The summed E-state index contributed by atoms with van der Waals surface area (Å²) in [6.45, 7) is 2.79. The minimum atomic E-state index is 0.661. The van der Waals surface area contributed by atoms with Gasteiger partial charge in [0.2, 0.25) is 0 Å². The van der Waals surface area contributed by atoms with Crippen LogP contribution in [0, 0.1) is 10.5 Å². The van der Waals surface area contributed by atoms with E-state index in [4.69, 9.17) is 23.2 Å². The van der Waals surface area contributed by atoms with Gasteiger partial charge in [-0.2, -0.15) is 0 Å². The Morgan fingerprint density at radius 1 is 1.11 bits per heavy atom. The molecule has 0 amide bonds. The van der Waals surface area contributed by atoms with Gasteiger partial charge in [0.05, 0.1) is 0 Å². The molecule has 0 saturated carbocycles. The van der Waals surface area contributed by atoms with Crippen molar-refractivity contribution in [3.05, 3.63) is 61.1 Å². The van der Waals surface area contributed by atoms with Crippen molar-refractivity contribution in [3.63, 3.8) is 0 Å². The van der Waals surface area contributed by atoms with Gasteiger partial charge in [0.25, 0.3) is 0 Å². The predicted molar refractivity (Wildman–Crippen MR) is 87.7 cm³/mol. The first-order chi connectivity index (χ1) is 8.56. The molecule has 2 aromatic rings. The average Bonchev–Trinajstić information content (AvgIpc) is 2.32. The van der Waals surface area contributed by atoms with Crippen LogP contribution in [-0.2, 0) is 6.54 Å². The summed E-state index contributed by atoms with van der Waals surface area (Å²) < 4.78 is 1.25. The number of anilines is 1. The fourth-order valence-electron chi connectivity index (χ4n) is 1.57. The number of rotatable bonds is 3. The van der Waals surface area contributed by atoms with Gasteiger partial charge in [0.1, 0.15) is 0 Å². The Bertz CT molecular complexity index is 570. The largest absolute Gasteiger partial charge is 0.381 e. The molecule has 1 N–H and O–H groups in total. The highest BCUT2D eigenvalue weighted by molar-refractivity contribution is 14.1. The van der Waals surface area contributed by atoms with Crippen molar-refractivity contribution in [3.8, 4) is 0 Å². The Morgan fingerprint density at radius 3 is 2.56 bits per heavy atom. The van der Waals surface area contributed by atoms with Crippen LogP contribution in [0.1, 0.15) is 11.1 Å². The third kappa shape index (κ3) is 3.53. The summed E-state index contributed by atoms with van der Waals surface area (Å²) >= 11 is 14.3. The van der Waals surface area contributed by atoms with Gasteiger partial charge in [-0.25, -0.2) is 0 Å². The second-order valence-electron chi connectivity index (χ2n) is 4.05. The van der Waals surface area contributed by atoms with Gasteiger partial charge < -0.3 is 5.32 Å². The second-order valence-corrected chi connectivity index (χ2v) is 6.06. The molecule has 18 heavy (non-hydrogen) atoms.